The third-order valence-corrected chi connectivity index (χ3v) is 3.65. The van der Waals surface area contributed by atoms with Crippen LogP contribution < -0.4 is 0 Å². The summed E-state index contributed by atoms with van der Waals surface area (Å²) in [7, 11) is 0. The van der Waals surface area contributed by atoms with Crippen molar-refractivity contribution < 1.29 is 29.7 Å². The summed E-state index contributed by atoms with van der Waals surface area (Å²) < 4.78 is 0. The molecule has 166 valence electrons. The molecule has 0 aromatic heterocycles. The standard InChI is InChI=1S/C18H34O2.2C2H4O2/c1-2-3-4-5-6-7-8-9-10-11-12-13-14-15-16-17-18(19)20;2*1-2(3)4/h9-10H,2-8,11-17H2,1H3,(H,19,20);2*1H3,(H,3,4). The molecule has 0 rings (SSSR count). The second kappa shape index (κ2) is 27.4. The van der Waals surface area contributed by atoms with Gasteiger partial charge in [0, 0.05) is 20.3 Å². The number of unbranched alkanes of at least 4 members (excludes halogenated alkanes) is 11. The van der Waals surface area contributed by atoms with E-state index in [9.17, 15) is 4.79 Å². The van der Waals surface area contributed by atoms with Gasteiger partial charge in [0.25, 0.3) is 11.9 Å². The average molecular weight is 403 g/mol. The number of hydrogen-bond acceptors (Lipinski definition) is 3. The first-order valence-electron chi connectivity index (χ1n) is 10.5. The number of rotatable bonds is 15. The van der Waals surface area contributed by atoms with Gasteiger partial charge >= 0.3 is 5.97 Å². The molecule has 0 aliphatic heterocycles. The van der Waals surface area contributed by atoms with Crippen LogP contribution in [-0.2, 0) is 14.4 Å². The summed E-state index contributed by atoms with van der Waals surface area (Å²) in [6.07, 6.45) is 21.2. The van der Waals surface area contributed by atoms with Crippen LogP contribution in [0.4, 0.5) is 0 Å². The van der Waals surface area contributed by atoms with Crippen LogP contribution in [0.15, 0.2) is 12.2 Å². The van der Waals surface area contributed by atoms with E-state index in [0.717, 1.165) is 26.7 Å². The minimum Gasteiger partial charge on any atom is -0.481 e. The van der Waals surface area contributed by atoms with Crippen molar-refractivity contribution in [2.45, 2.75) is 111 Å². The fourth-order valence-electron chi connectivity index (χ4n) is 2.35. The molecule has 0 unspecified atom stereocenters. The Bertz CT molecular complexity index is 370. The zero-order chi connectivity index (χ0) is 22.0. The summed E-state index contributed by atoms with van der Waals surface area (Å²) in [6, 6.07) is 0. The summed E-state index contributed by atoms with van der Waals surface area (Å²) >= 11 is 0. The number of hydrogen-bond donors (Lipinski definition) is 3. The van der Waals surface area contributed by atoms with E-state index >= 15 is 0 Å². The minimum atomic E-state index is -0.833. The molecule has 0 saturated carbocycles. The van der Waals surface area contributed by atoms with E-state index < -0.39 is 17.9 Å². The Morgan fingerprint density at radius 1 is 0.607 bits per heavy atom. The van der Waals surface area contributed by atoms with Crippen LogP contribution in [-0.4, -0.2) is 33.2 Å². The molecule has 0 aliphatic carbocycles. The fraction of sp³-hybridized carbons (Fsp3) is 0.773. The highest BCUT2D eigenvalue weighted by atomic mass is 16.4. The van der Waals surface area contributed by atoms with Gasteiger partial charge in [-0.05, 0) is 32.1 Å². The first-order chi connectivity index (χ1) is 13.2. The van der Waals surface area contributed by atoms with Gasteiger partial charge in [-0.25, -0.2) is 0 Å². The molecule has 0 aromatic carbocycles. The van der Waals surface area contributed by atoms with E-state index in [1.54, 1.807) is 0 Å². The second-order valence-corrected chi connectivity index (χ2v) is 6.77. The first-order valence-corrected chi connectivity index (χ1v) is 10.5. The summed E-state index contributed by atoms with van der Waals surface area (Å²) in [5.41, 5.74) is 0. The quantitative estimate of drug-likeness (QED) is 0.219. The normalized spacial score (nSPS) is 9.82. The van der Waals surface area contributed by atoms with Crippen molar-refractivity contribution in [2.24, 2.45) is 0 Å². The number of allylic oxidation sites excluding steroid dienone is 2. The lowest BCUT2D eigenvalue weighted by molar-refractivity contribution is -0.137. The third kappa shape index (κ3) is 56.4. The predicted octanol–water partition coefficient (Wildman–Crippen LogP) is 6.29. The van der Waals surface area contributed by atoms with Crippen molar-refractivity contribution in [1.29, 1.82) is 0 Å². The van der Waals surface area contributed by atoms with Gasteiger partial charge in [0.05, 0.1) is 0 Å². The number of carbonyl (C=O) groups is 3. The molecule has 0 amide bonds. The maximum absolute atomic E-state index is 10.3. The van der Waals surface area contributed by atoms with Crippen molar-refractivity contribution in [3.05, 3.63) is 12.2 Å². The van der Waals surface area contributed by atoms with Crippen LogP contribution in [0.5, 0.6) is 0 Å². The molecular formula is C22H42O6. The van der Waals surface area contributed by atoms with E-state index in [0.29, 0.717) is 6.42 Å². The Balaban J connectivity index is -0.000000656. The molecule has 0 aromatic rings. The summed E-state index contributed by atoms with van der Waals surface area (Å²) in [5, 5.41) is 23.3. The van der Waals surface area contributed by atoms with E-state index in [2.05, 4.69) is 19.1 Å². The molecule has 0 saturated heterocycles. The SMILES string of the molecule is CC(=O)O.CC(=O)O.CCCCCCCCC=CCCCCCCCC(=O)O. The van der Waals surface area contributed by atoms with Crippen LogP contribution >= 0.6 is 0 Å². The van der Waals surface area contributed by atoms with Crippen LogP contribution in [0.25, 0.3) is 0 Å². The molecule has 0 fully saturated rings. The van der Waals surface area contributed by atoms with Crippen LogP contribution in [0, 0.1) is 0 Å². The zero-order valence-electron chi connectivity index (χ0n) is 18.1. The highest BCUT2D eigenvalue weighted by Gasteiger charge is 1.95. The van der Waals surface area contributed by atoms with Gasteiger partial charge in [-0.15, -0.1) is 0 Å². The Labute approximate surface area is 171 Å². The lowest BCUT2D eigenvalue weighted by atomic mass is 10.1. The lowest BCUT2D eigenvalue weighted by Gasteiger charge is -1.99. The maximum Gasteiger partial charge on any atom is 0.303 e. The van der Waals surface area contributed by atoms with Gasteiger partial charge in [0.1, 0.15) is 0 Å². The Hall–Kier alpha value is -1.85. The number of carboxylic acid groups (broad SMARTS) is 3. The molecule has 28 heavy (non-hydrogen) atoms. The molecule has 0 spiro atoms. The highest BCUT2D eigenvalue weighted by Crippen LogP contribution is 2.09. The Morgan fingerprint density at radius 2 is 0.929 bits per heavy atom. The molecule has 0 aliphatic rings. The van der Waals surface area contributed by atoms with Crippen molar-refractivity contribution in [2.75, 3.05) is 0 Å². The topological polar surface area (TPSA) is 112 Å². The zero-order valence-corrected chi connectivity index (χ0v) is 18.1. The molecule has 6 nitrogen and oxygen atoms in total. The molecule has 6 heteroatoms. The van der Waals surface area contributed by atoms with E-state index in [-0.39, 0.29) is 0 Å². The van der Waals surface area contributed by atoms with Crippen molar-refractivity contribution in [3.8, 4) is 0 Å². The van der Waals surface area contributed by atoms with Gasteiger partial charge < -0.3 is 15.3 Å². The van der Waals surface area contributed by atoms with Gasteiger partial charge in [-0.2, -0.15) is 0 Å². The fourth-order valence-corrected chi connectivity index (χ4v) is 2.35. The van der Waals surface area contributed by atoms with Crippen LogP contribution in [0.1, 0.15) is 111 Å². The molecule has 0 atom stereocenters. The predicted molar refractivity (Wildman–Crippen MR) is 114 cm³/mol. The van der Waals surface area contributed by atoms with E-state index in [4.69, 9.17) is 24.9 Å². The molecule has 0 bridgehead atoms. The minimum absolute atomic E-state index is 0.332. The monoisotopic (exact) mass is 402 g/mol. The van der Waals surface area contributed by atoms with Crippen molar-refractivity contribution in [1.82, 2.24) is 0 Å². The van der Waals surface area contributed by atoms with Crippen LogP contribution in [0.3, 0.4) is 0 Å². The van der Waals surface area contributed by atoms with Gasteiger partial charge in [-0.1, -0.05) is 70.4 Å². The largest absolute Gasteiger partial charge is 0.481 e. The first kappa shape index (κ1) is 30.9. The molecular weight excluding hydrogens is 360 g/mol. The Morgan fingerprint density at radius 3 is 1.29 bits per heavy atom. The maximum atomic E-state index is 10.3. The molecule has 3 N–H and O–H groups in total. The van der Waals surface area contributed by atoms with Gasteiger partial charge in [0.15, 0.2) is 0 Å². The second-order valence-electron chi connectivity index (χ2n) is 6.77. The Kier molecular flexibility index (Phi) is 30.2. The summed E-state index contributed by atoms with van der Waals surface area (Å²) in [6.45, 7) is 4.43. The van der Waals surface area contributed by atoms with Gasteiger partial charge in [0.2, 0.25) is 0 Å². The number of aliphatic carboxylic acids is 3. The number of carboxylic acids is 3. The van der Waals surface area contributed by atoms with Crippen molar-refractivity contribution in [3.63, 3.8) is 0 Å². The highest BCUT2D eigenvalue weighted by molar-refractivity contribution is 5.66. The molecule has 0 radical (unpaired) electrons. The summed E-state index contributed by atoms with van der Waals surface area (Å²) in [4.78, 5) is 28.3. The lowest BCUT2D eigenvalue weighted by Crippen LogP contribution is -1.93. The third-order valence-electron chi connectivity index (χ3n) is 3.65. The summed E-state index contributed by atoms with van der Waals surface area (Å²) in [5.74, 6) is -2.33. The van der Waals surface area contributed by atoms with Gasteiger partial charge in [-0.3, -0.25) is 14.4 Å². The average Bonchev–Trinajstić information content (AvgIpc) is 2.57. The molecule has 0 heterocycles. The van der Waals surface area contributed by atoms with E-state index in [1.807, 2.05) is 0 Å². The van der Waals surface area contributed by atoms with E-state index in [1.165, 1.54) is 70.6 Å². The van der Waals surface area contributed by atoms with Crippen molar-refractivity contribution >= 4 is 17.9 Å². The smallest absolute Gasteiger partial charge is 0.303 e. The van der Waals surface area contributed by atoms with Crippen LogP contribution in [0.2, 0.25) is 0 Å².